The molecule has 1 aromatic heterocycles. The minimum atomic E-state index is -0.775. The molecule has 0 saturated heterocycles. The Kier molecular flexibility index (Phi) is 7.92. The topological polar surface area (TPSA) is 107 Å². The van der Waals surface area contributed by atoms with Crippen molar-refractivity contribution >= 4 is 66.3 Å². The number of allylic oxidation sites excluding steroid dienone is 2. The van der Waals surface area contributed by atoms with Gasteiger partial charge in [0, 0.05) is 19.9 Å². The summed E-state index contributed by atoms with van der Waals surface area (Å²) in [5.74, 6) is -1.47. The number of benzene rings is 3. The number of carbonyl (C=O) groups excluding carboxylic acids is 2. The number of nitrogens with zero attached hydrogens (tertiary/aromatic N) is 2. The maximum Gasteiger partial charge on any atom is 0.311 e. The molecule has 3 aromatic carbocycles. The highest BCUT2D eigenvalue weighted by Gasteiger charge is 2.17. The predicted octanol–water partition coefficient (Wildman–Crippen LogP) is 7.43. The first kappa shape index (κ1) is 25.3. The summed E-state index contributed by atoms with van der Waals surface area (Å²) >= 11 is 6.83. The lowest BCUT2D eigenvalue weighted by atomic mass is 10.1. The first-order chi connectivity index (χ1) is 17.3. The Bertz CT molecular complexity index is 1530. The molecule has 1 heterocycles. The van der Waals surface area contributed by atoms with Gasteiger partial charge >= 0.3 is 5.91 Å². The van der Waals surface area contributed by atoms with Gasteiger partial charge in [-0.05, 0) is 64.3 Å². The molecular formula is C27H20Br2N4O3. The van der Waals surface area contributed by atoms with Gasteiger partial charge in [0.2, 0.25) is 5.88 Å². The standard InChI is InChI=1S/C27H20Br2N4O3/c1-16(12-17-8-4-2-5-9-17)13-22(30-25(34)18-10-6-3-7-11-18)26(35)33-32-24-20-14-19(28)15-21(29)23(20)31-27(24)36/h2-15,31,36H,1H3,(H,30,34)/b16-12+,22-13-,33-32?. The van der Waals surface area contributed by atoms with Crippen molar-refractivity contribution in [1.82, 2.24) is 10.3 Å². The summed E-state index contributed by atoms with van der Waals surface area (Å²) in [4.78, 5) is 28.7. The van der Waals surface area contributed by atoms with Gasteiger partial charge in [-0.25, -0.2) is 0 Å². The minimum Gasteiger partial charge on any atom is -0.493 e. The normalized spacial score (nSPS) is 12.3. The van der Waals surface area contributed by atoms with Crippen LogP contribution in [0.2, 0.25) is 0 Å². The Hall–Kier alpha value is -3.82. The van der Waals surface area contributed by atoms with Crippen LogP contribution in [-0.4, -0.2) is 21.9 Å². The van der Waals surface area contributed by atoms with Gasteiger partial charge < -0.3 is 15.4 Å². The summed E-state index contributed by atoms with van der Waals surface area (Å²) in [6.07, 6.45) is 3.41. The Morgan fingerprint density at radius 3 is 2.36 bits per heavy atom. The molecule has 0 radical (unpaired) electrons. The van der Waals surface area contributed by atoms with Gasteiger partial charge in [-0.2, -0.15) is 0 Å². The van der Waals surface area contributed by atoms with Crippen molar-refractivity contribution < 1.29 is 14.7 Å². The molecule has 0 bridgehead atoms. The molecule has 0 saturated carbocycles. The Labute approximate surface area is 223 Å². The molecule has 180 valence electrons. The fraction of sp³-hybridized carbons (Fsp3) is 0.0370. The highest BCUT2D eigenvalue weighted by molar-refractivity contribution is 9.11. The zero-order valence-electron chi connectivity index (χ0n) is 19.0. The van der Waals surface area contributed by atoms with Crippen LogP contribution >= 0.6 is 31.9 Å². The van der Waals surface area contributed by atoms with E-state index in [9.17, 15) is 14.7 Å². The van der Waals surface area contributed by atoms with Crippen LogP contribution < -0.4 is 5.32 Å². The van der Waals surface area contributed by atoms with E-state index < -0.39 is 11.8 Å². The lowest BCUT2D eigenvalue weighted by Crippen LogP contribution is -2.26. The average molecular weight is 608 g/mol. The number of H-pyrrole nitrogens is 1. The molecule has 3 N–H and O–H groups in total. The van der Waals surface area contributed by atoms with Crippen LogP contribution in [0.15, 0.2) is 109 Å². The van der Waals surface area contributed by atoms with E-state index in [0.29, 0.717) is 20.9 Å². The van der Waals surface area contributed by atoms with Crippen molar-refractivity contribution in [3.63, 3.8) is 0 Å². The van der Waals surface area contributed by atoms with Crippen molar-refractivity contribution in [2.24, 2.45) is 10.2 Å². The monoisotopic (exact) mass is 606 g/mol. The minimum absolute atomic E-state index is 0.0565. The molecule has 7 nitrogen and oxygen atoms in total. The summed E-state index contributed by atoms with van der Waals surface area (Å²) in [5.41, 5.74) is 2.70. The number of aromatic nitrogens is 1. The van der Waals surface area contributed by atoms with E-state index in [2.05, 4.69) is 52.4 Å². The second-order valence-electron chi connectivity index (χ2n) is 7.81. The lowest BCUT2D eigenvalue weighted by Gasteiger charge is -2.07. The summed E-state index contributed by atoms with van der Waals surface area (Å²) in [6, 6.07) is 21.7. The second-order valence-corrected chi connectivity index (χ2v) is 9.58. The number of hydrogen-bond donors (Lipinski definition) is 3. The largest absolute Gasteiger partial charge is 0.493 e. The van der Waals surface area contributed by atoms with Gasteiger partial charge in [0.25, 0.3) is 5.91 Å². The predicted molar refractivity (Wildman–Crippen MR) is 147 cm³/mol. The number of rotatable bonds is 6. The number of fused-ring (bicyclic) bond motifs is 1. The zero-order valence-corrected chi connectivity index (χ0v) is 22.2. The van der Waals surface area contributed by atoms with Crippen molar-refractivity contribution in [3.05, 3.63) is 110 Å². The molecule has 4 rings (SSSR count). The van der Waals surface area contributed by atoms with Crippen LogP contribution in [0.4, 0.5) is 5.69 Å². The number of aromatic hydroxyl groups is 1. The van der Waals surface area contributed by atoms with Crippen molar-refractivity contribution in [3.8, 4) is 5.88 Å². The Balaban J connectivity index is 1.68. The summed E-state index contributed by atoms with van der Waals surface area (Å²) in [6.45, 7) is 1.81. The van der Waals surface area contributed by atoms with E-state index in [4.69, 9.17) is 0 Å². The number of halogens is 2. The van der Waals surface area contributed by atoms with E-state index in [0.717, 1.165) is 15.6 Å². The second kappa shape index (κ2) is 11.3. The average Bonchev–Trinajstić information content (AvgIpc) is 3.18. The number of aromatic amines is 1. The van der Waals surface area contributed by atoms with Crippen LogP contribution in [0.3, 0.4) is 0 Å². The third kappa shape index (κ3) is 6.05. The summed E-state index contributed by atoms with van der Waals surface area (Å²) < 4.78 is 1.45. The molecule has 0 aliphatic carbocycles. The molecule has 0 aliphatic rings. The van der Waals surface area contributed by atoms with Gasteiger partial charge in [-0.15, -0.1) is 10.2 Å². The number of hydrogen-bond acceptors (Lipinski definition) is 4. The molecule has 2 amide bonds. The maximum absolute atomic E-state index is 13.1. The van der Waals surface area contributed by atoms with Gasteiger partial charge in [-0.3, -0.25) is 9.59 Å². The molecular weight excluding hydrogens is 588 g/mol. The van der Waals surface area contributed by atoms with Crippen LogP contribution in [0.25, 0.3) is 17.0 Å². The molecule has 0 atom stereocenters. The van der Waals surface area contributed by atoms with Gasteiger partial charge in [0.15, 0.2) is 5.69 Å². The van der Waals surface area contributed by atoms with E-state index in [1.807, 2.05) is 49.4 Å². The molecule has 0 spiro atoms. The smallest absolute Gasteiger partial charge is 0.311 e. The SMILES string of the molecule is CC(/C=C(\NC(=O)c1ccccc1)C(=O)N=Nc1c(O)[nH]c2c(Br)cc(Br)cc12)=C\c1ccccc1. The number of amides is 2. The van der Waals surface area contributed by atoms with Gasteiger partial charge in [-0.1, -0.05) is 70.5 Å². The fourth-order valence-electron chi connectivity index (χ4n) is 3.46. The molecule has 36 heavy (non-hydrogen) atoms. The number of azo groups is 1. The highest BCUT2D eigenvalue weighted by atomic mass is 79.9. The van der Waals surface area contributed by atoms with Crippen LogP contribution in [0.1, 0.15) is 22.8 Å². The third-order valence-corrected chi connectivity index (χ3v) is 6.18. The maximum atomic E-state index is 13.1. The summed E-state index contributed by atoms with van der Waals surface area (Å²) in [7, 11) is 0. The van der Waals surface area contributed by atoms with E-state index in [1.165, 1.54) is 6.08 Å². The highest BCUT2D eigenvalue weighted by Crippen LogP contribution is 2.40. The first-order valence-corrected chi connectivity index (χ1v) is 12.4. The van der Waals surface area contributed by atoms with E-state index in [1.54, 1.807) is 36.4 Å². The molecule has 0 aliphatic heterocycles. The zero-order chi connectivity index (χ0) is 25.7. The number of nitrogens with one attached hydrogen (secondary N) is 2. The van der Waals surface area contributed by atoms with Crippen LogP contribution in [0, 0.1) is 0 Å². The quantitative estimate of drug-likeness (QED) is 0.120. The van der Waals surface area contributed by atoms with Crippen molar-refractivity contribution in [2.75, 3.05) is 0 Å². The molecule has 0 fully saturated rings. The van der Waals surface area contributed by atoms with E-state index >= 15 is 0 Å². The molecule has 9 heteroatoms. The number of carbonyl (C=O) groups is 2. The van der Waals surface area contributed by atoms with Gasteiger partial charge in [0.05, 0.1) is 5.52 Å². The van der Waals surface area contributed by atoms with Gasteiger partial charge in [0.1, 0.15) is 5.70 Å². The van der Waals surface area contributed by atoms with Crippen molar-refractivity contribution in [2.45, 2.75) is 6.92 Å². The lowest BCUT2D eigenvalue weighted by molar-refractivity contribution is -0.115. The van der Waals surface area contributed by atoms with Crippen LogP contribution in [-0.2, 0) is 4.79 Å². The Morgan fingerprint density at radius 1 is 1.00 bits per heavy atom. The third-order valence-electron chi connectivity index (χ3n) is 5.10. The Morgan fingerprint density at radius 2 is 1.67 bits per heavy atom. The van der Waals surface area contributed by atoms with Crippen molar-refractivity contribution in [1.29, 1.82) is 0 Å². The summed E-state index contributed by atoms with van der Waals surface area (Å²) in [5, 5.41) is 21.4. The fourth-order valence-corrected chi connectivity index (χ4v) is 4.78. The van der Waals surface area contributed by atoms with Crippen LogP contribution in [0.5, 0.6) is 5.88 Å². The molecule has 0 unspecified atom stereocenters. The first-order valence-electron chi connectivity index (χ1n) is 10.8. The molecule has 4 aromatic rings. The van der Waals surface area contributed by atoms with E-state index in [-0.39, 0.29) is 17.3 Å².